The molecular formula is C10H18O4. The van der Waals surface area contributed by atoms with Gasteiger partial charge in [0.2, 0.25) is 0 Å². The van der Waals surface area contributed by atoms with Crippen molar-refractivity contribution in [2.45, 2.75) is 32.2 Å². The summed E-state index contributed by atoms with van der Waals surface area (Å²) < 4.78 is 16.7. The highest BCUT2D eigenvalue weighted by molar-refractivity contribution is 4.87. The molecule has 82 valence electrons. The highest BCUT2D eigenvalue weighted by Crippen LogP contribution is 2.42. The van der Waals surface area contributed by atoms with E-state index in [2.05, 4.69) is 6.92 Å². The van der Waals surface area contributed by atoms with Crippen LogP contribution in [0.25, 0.3) is 0 Å². The fourth-order valence-corrected chi connectivity index (χ4v) is 2.14. The normalized spacial score (nSPS) is 41.6. The van der Waals surface area contributed by atoms with E-state index in [1.807, 2.05) is 0 Å². The van der Waals surface area contributed by atoms with Gasteiger partial charge in [-0.1, -0.05) is 13.3 Å². The number of rotatable bonds is 4. The molecular weight excluding hydrogens is 184 g/mol. The summed E-state index contributed by atoms with van der Waals surface area (Å²) in [5, 5.41) is 8.86. The number of hydrogen-bond donors (Lipinski definition) is 1. The molecule has 0 saturated carbocycles. The Morgan fingerprint density at radius 3 is 2.07 bits per heavy atom. The minimum Gasteiger partial charge on any atom is -0.396 e. The van der Waals surface area contributed by atoms with Gasteiger partial charge in [0, 0.05) is 5.41 Å². The molecule has 4 nitrogen and oxygen atoms in total. The van der Waals surface area contributed by atoms with Gasteiger partial charge in [0.15, 0.2) is 0 Å². The Kier molecular flexibility index (Phi) is 2.79. The molecule has 0 unspecified atom stereocenters. The number of hydrogen-bond acceptors (Lipinski definition) is 4. The topological polar surface area (TPSA) is 47.9 Å². The standard InChI is InChI=1S/C10H18O4/c1-2-3-9-6-12-10(4-5-11,13-7-9)14-8-9/h11H,2-8H2,1H3. The first-order valence-electron chi connectivity index (χ1n) is 5.27. The molecule has 0 spiro atoms. The van der Waals surface area contributed by atoms with Crippen molar-refractivity contribution in [2.24, 2.45) is 5.41 Å². The third kappa shape index (κ3) is 1.67. The van der Waals surface area contributed by atoms with Crippen LogP contribution in [0.5, 0.6) is 0 Å². The van der Waals surface area contributed by atoms with Crippen LogP contribution in [0.1, 0.15) is 26.2 Å². The van der Waals surface area contributed by atoms with E-state index < -0.39 is 5.97 Å². The highest BCUT2D eigenvalue weighted by Gasteiger charge is 2.51. The second-order valence-corrected chi connectivity index (χ2v) is 4.27. The van der Waals surface area contributed by atoms with E-state index in [0.717, 1.165) is 12.8 Å². The predicted molar refractivity (Wildman–Crippen MR) is 49.6 cm³/mol. The maximum atomic E-state index is 8.86. The smallest absolute Gasteiger partial charge is 0.285 e. The van der Waals surface area contributed by atoms with E-state index in [4.69, 9.17) is 19.3 Å². The summed E-state index contributed by atoms with van der Waals surface area (Å²) in [5.74, 6) is -0.940. The lowest BCUT2D eigenvalue weighted by molar-refractivity contribution is -0.471. The monoisotopic (exact) mass is 202 g/mol. The van der Waals surface area contributed by atoms with E-state index in [9.17, 15) is 0 Å². The SMILES string of the molecule is CCCC12COC(CCO)(OC1)OC2. The van der Waals surface area contributed by atoms with Gasteiger partial charge in [-0.15, -0.1) is 0 Å². The van der Waals surface area contributed by atoms with Gasteiger partial charge in [0.05, 0.1) is 32.8 Å². The molecule has 3 heterocycles. The molecule has 0 aromatic heterocycles. The molecule has 3 fully saturated rings. The van der Waals surface area contributed by atoms with Crippen LogP contribution in [-0.4, -0.2) is 37.5 Å². The Labute approximate surface area is 84.1 Å². The van der Waals surface area contributed by atoms with Crippen molar-refractivity contribution in [3.63, 3.8) is 0 Å². The van der Waals surface area contributed by atoms with Gasteiger partial charge in [0.25, 0.3) is 5.97 Å². The van der Waals surface area contributed by atoms with Crippen molar-refractivity contribution < 1.29 is 19.3 Å². The van der Waals surface area contributed by atoms with Gasteiger partial charge in [0.1, 0.15) is 0 Å². The van der Waals surface area contributed by atoms with Crippen molar-refractivity contribution in [2.75, 3.05) is 26.4 Å². The fourth-order valence-electron chi connectivity index (χ4n) is 2.14. The molecule has 0 aromatic rings. The average Bonchev–Trinajstić information content (AvgIpc) is 2.22. The quantitative estimate of drug-likeness (QED) is 0.735. The van der Waals surface area contributed by atoms with Gasteiger partial charge in [-0.2, -0.15) is 0 Å². The molecule has 14 heavy (non-hydrogen) atoms. The van der Waals surface area contributed by atoms with Crippen molar-refractivity contribution >= 4 is 0 Å². The van der Waals surface area contributed by atoms with Crippen LogP contribution in [0.3, 0.4) is 0 Å². The molecule has 0 aliphatic carbocycles. The largest absolute Gasteiger partial charge is 0.396 e. The summed E-state index contributed by atoms with van der Waals surface area (Å²) in [6, 6.07) is 0. The first-order valence-corrected chi connectivity index (χ1v) is 5.27. The Balaban J connectivity index is 1.98. The summed E-state index contributed by atoms with van der Waals surface area (Å²) in [4.78, 5) is 0. The van der Waals surface area contributed by atoms with Gasteiger partial charge in [-0.3, -0.25) is 0 Å². The lowest BCUT2D eigenvalue weighted by atomic mass is 9.84. The van der Waals surface area contributed by atoms with E-state index in [1.165, 1.54) is 0 Å². The molecule has 3 rings (SSSR count). The van der Waals surface area contributed by atoms with Crippen molar-refractivity contribution in [1.29, 1.82) is 0 Å². The molecule has 1 N–H and O–H groups in total. The Hall–Kier alpha value is -0.160. The van der Waals surface area contributed by atoms with E-state index >= 15 is 0 Å². The first kappa shape index (κ1) is 10.4. The van der Waals surface area contributed by atoms with Crippen molar-refractivity contribution in [3.8, 4) is 0 Å². The molecule has 3 saturated heterocycles. The summed E-state index contributed by atoms with van der Waals surface area (Å²) in [6.07, 6.45) is 2.58. The highest BCUT2D eigenvalue weighted by atomic mass is 16.9. The Morgan fingerprint density at radius 2 is 1.64 bits per heavy atom. The van der Waals surface area contributed by atoms with E-state index in [1.54, 1.807) is 0 Å². The van der Waals surface area contributed by atoms with Crippen LogP contribution >= 0.6 is 0 Å². The van der Waals surface area contributed by atoms with Gasteiger partial charge < -0.3 is 19.3 Å². The number of ether oxygens (including phenoxy) is 3. The zero-order chi connectivity index (χ0) is 10.1. The third-order valence-corrected chi connectivity index (χ3v) is 2.99. The summed E-state index contributed by atoms with van der Waals surface area (Å²) >= 11 is 0. The Morgan fingerprint density at radius 1 is 1.07 bits per heavy atom. The molecule has 4 heteroatoms. The first-order chi connectivity index (χ1) is 6.74. The van der Waals surface area contributed by atoms with Crippen LogP contribution in [0.4, 0.5) is 0 Å². The maximum absolute atomic E-state index is 8.86. The van der Waals surface area contributed by atoms with Crippen LogP contribution in [-0.2, 0) is 14.2 Å². The zero-order valence-electron chi connectivity index (χ0n) is 8.62. The minimum atomic E-state index is -0.940. The van der Waals surface area contributed by atoms with Crippen LogP contribution < -0.4 is 0 Å². The molecule has 3 aliphatic rings. The fraction of sp³-hybridized carbons (Fsp3) is 1.00. The molecule has 3 aliphatic heterocycles. The van der Waals surface area contributed by atoms with Gasteiger partial charge in [-0.05, 0) is 6.42 Å². The molecule has 0 aromatic carbocycles. The molecule has 2 bridgehead atoms. The van der Waals surface area contributed by atoms with Gasteiger partial charge >= 0.3 is 0 Å². The number of aliphatic hydroxyl groups excluding tert-OH is 1. The maximum Gasteiger partial charge on any atom is 0.285 e. The lowest BCUT2D eigenvalue weighted by Crippen LogP contribution is -2.60. The van der Waals surface area contributed by atoms with Crippen LogP contribution in [0, 0.1) is 5.41 Å². The molecule has 0 atom stereocenters. The summed E-state index contributed by atoms with van der Waals surface area (Å²) in [5.41, 5.74) is 0.0615. The second kappa shape index (κ2) is 3.77. The number of aliphatic hydroxyl groups is 1. The predicted octanol–water partition coefficient (Wildman–Crippen LogP) is 0.886. The minimum absolute atomic E-state index is 0.0285. The van der Waals surface area contributed by atoms with Gasteiger partial charge in [-0.25, -0.2) is 0 Å². The third-order valence-electron chi connectivity index (χ3n) is 2.99. The summed E-state index contributed by atoms with van der Waals surface area (Å²) in [7, 11) is 0. The second-order valence-electron chi connectivity index (χ2n) is 4.27. The zero-order valence-corrected chi connectivity index (χ0v) is 8.62. The van der Waals surface area contributed by atoms with E-state index in [0.29, 0.717) is 26.2 Å². The average molecular weight is 202 g/mol. The van der Waals surface area contributed by atoms with Crippen molar-refractivity contribution in [1.82, 2.24) is 0 Å². The Bertz CT molecular complexity index is 158. The molecule has 0 amide bonds. The summed E-state index contributed by atoms with van der Waals surface area (Å²) in [6.45, 7) is 4.27. The van der Waals surface area contributed by atoms with Crippen molar-refractivity contribution in [3.05, 3.63) is 0 Å². The molecule has 0 radical (unpaired) electrons. The van der Waals surface area contributed by atoms with Crippen LogP contribution in [0.15, 0.2) is 0 Å². The van der Waals surface area contributed by atoms with E-state index in [-0.39, 0.29) is 12.0 Å². The van der Waals surface area contributed by atoms with Crippen LogP contribution in [0.2, 0.25) is 0 Å². The number of fused-ring (bicyclic) bond motifs is 3. The lowest BCUT2D eigenvalue weighted by Gasteiger charge is -2.51.